The van der Waals surface area contributed by atoms with E-state index in [1.165, 1.54) is 0 Å². The number of hydrogen-bond acceptors (Lipinski definition) is 5. The topological polar surface area (TPSA) is 73.4 Å². The van der Waals surface area contributed by atoms with Crippen molar-refractivity contribution < 1.29 is 9.53 Å². The maximum atomic E-state index is 11.7. The summed E-state index contributed by atoms with van der Waals surface area (Å²) < 4.78 is 7.12. The Bertz CT molecular complexity index is 665. The quantitative estimate of drug-likeness (QED) is 0.686. The Morgan fingerprint density at radius 3 is 3.05 bits per heavy atom. The number of anilines is 2. The molecule has 1 aromatic carbocycles. The second-order valence-corrected chi connectivity index (χ2v) is 4.95. The van der Waals surface area contributed by atoms with Gasteiger partial charge in [-0.15, -0.1) is 0 Å². The highest BCUT2D eigenvalue weighted by atomic mass is 16.5. The third kappa shape index (κ3) is 2.56. The lowest BCUT2D eigenvalue weighted by Crippen LogP contribution is -2.34. The molecule has 0 amide bonds. The Morgan fingerprint density at radius 2 is 2.29 bits per heavy atom. The predicted molar refractivity (Wildman–Crippen MR) is 80.1 cm³/mol. The van der Waals surface area contributed by atoms with Gasteiger partial charge in [0.1, 0.15) is 5.82 Å². The Kier molecular flexibility index (Phi) is 3.51. The van der Waals surface area contributed by atoms with Crippen molar-refractivity contribution in [2.24, 2.45) is 0 Å². The van der Waals surface area contributed by atoms with Crippen LogP contribution in [0.4, 0.5) is 11.4 Å². The molecule has 6 nitrogen and oxygen atoms in total. The molecule has 0 bridgehead atoms. The van der Waals surface area contributed by atoms with Gasteiger partial charge in [0.15, 0.2) is 0 Å². The van der Waals surface area contributed by atoms with E-state index in [0.29, 0.717) is 17.9 Å². The molecule has 0 atom stereocenters. The molecule has 0 saturated heterocycles. The maximum Gasteiger partial charge on any atom is 0.338 e. The minimum absolute atomic E-state index is 0.343. The fraction of sp³-hybridized carbons (Fsp3) is 0.333. The molecule has 1 aliphatic heterocycles. The number of ether oxygens (including phenoxy) is 1. The molecule has 0 spiro atoms. The van der Waals surface area contributed by atoms with Crippen LogP contribution in [0, 0.1) is 0 Å². The Labute approximate surface area is 123 Å². The highest BCUT2D eigenvalue weighted by Gasteiger charge is 2.19. The van der Waals surface area contributed by atoms with Crippen LogP contribution in [-0.2, 0) is 17.8 Å². The number of benzene rings is 1. The number of nitrogens with two attached hydrogens (primary N) is 1. The summed E-state index contributed by atoms with van der Waals surface area (Å²) in [6.45, 7) is 4.61. The molecule has 0 fully saturated rings. The SMILES string of the molecule is CCOC(=O)c1ccc(N2CCn3ccnc3C2)c(N)c1. The van der Waals surface area contributed by atoms with E-state index in [2.05, 4.69) is 14.5 Å². The second kappa shape index (κ2) is 5.47. The van der Waals surface area contributed by atoms with E-state index >= 15 is 0 Å². The lowest BCUT2D eigenvalue weighted by Gasteiger charge is -2.30. The van der Waals surface area contributed by atoms with Gasteiger partial charge in [-0.3, -0.25) is 0 Å². The zero-order valence-corrected chi connectivity index (χ0v) is 12.0. The molecule has 0 radical (unpaired) electrons. The van der Waals surface area contributed by atoms with E-state index in [-0.39, 0.29) is 5.97 Å². The lowest BCUT2D eigenvalue weighted by atomic mass is 10.1. The van der Waals surface area contributed by atoms with Crippen molar-refractivity contribution in [2.45, 2.75) is 20.0 Å². The third-order valence-corrected chi connectivity index (χ3v) is 3.62. The normalized spacial score (nSPS) is 13.9. The molecule has 3 rings (SSSR count). The molecule has 1 aliphatic rings. The first-order valence-electron chi connectivity index (χ1n) is 7.00. The van der Waals surface area contributed by atoms with Crippen molar-refractivity contribution in [1.82, 2.24) is 9.55 Å². The van der Waals surface area contributed by atoms with Crippen LogP contribution in [0.5, 0.6) is 0 Å². The summed E-state index contributed by atoms with van der Waals surface area (Å²) in [4.78, 5) is 18.2. The van der Waals surface area contributed by atoms with Gasteiger partial charge < -0.3 is 19.9 Å². The average Bonchev–Trinajstić information content (AvgIpc) is 2.94. The van der Waals surface area contributed by atoms with Crippen LogP contribution in [0.2, 0.25) is 0 Å². The van der Waals surface area contributed by atoms with Gasteiger partial charge in [0.2, 0.25) is 0 Å². The van der Waals surface area contributed by atoms with Gasteiger partial charge in [-0.25, -0.2) is 9.78 Å². The van der Waals surface area contributed by atoms with Crippen molar-refractivity contribution in [3.63, 3.8) is 0 Å². The van der Waals surface area contributed by atoms with E-state index in [9.17, 15) is 4.79 Å². The summed E-state index contributed by atoms with van der Waals surface area (Å²) in [6, 6.07) is 5.30. The van der Waals surface area contributed by atoms with E-state index in [1.54, 1.807) is 19.1 Å². The molecule has 0 unspecified atom stereocenters. The number of hydrogen-bond donors (Lipinski definition) is 1. The first-order chi connectivity index (χ1) is 10.2. The summed E-state index contributed by atoms with van der Waals surface area (Å²) >= 11 is 0. The minimum Gasteiger partial charge on any atom is -0.462 e. The number of carbonyl (C=O) groups excluding carboxylic acids is 1. The number of carbonyl (C=O) groups is 1. The van der Waals surface area contributed by atoms with Gasteiger partial charge >= 0.3 is 5.97 Å². The van der Waals surface area contributed by atoms with Crippen molar-refractivity contribution in [2.75, 3.05) is 23.8 Å². The van der Waals surface area contributed by atoms with Gasteiger partial charge in [0, 0.05) is 25.5 Å². The van der Waals surface area contributed by atoms with Crippen molar-refractivity contribution in [3.8, 4) is 0 Å². The molecule has 0 saturated carbocycles. The lowest BCUT2D eigenvalue weighted by molar-refractivity contribution is 0.0526. The first-order valence-corrected chi connectivity index (χ1v) is 7.00. The zero-order chi connectivity index (χ0) is 14.8. The molecule has 2 heterocycles. The van der Waals surface area contributed by atoms with Gasteiger partial charge in [-0.2, -0.15) is 0 Å². The number of rotatable bonds is 3. The first kappa shape index (κ1) is 13.5. The number of aromatic nitrogens is 2. The van der Waals surface area contributed by atoms with Crippen LogP contribution in [0.1, 0.15) is 23.1 Å². The summed E-state index contributed by atoms with van der Waals surface area (Å²) in [5.41, 5.74) is 8.10. The standard InChI is InChI=1S/C15H18N4O2/c1-2-21-15(20)11-3-4-13(12(16)9-11)19-8-7-18-6-5-17-14(18)10-19/h3-6,9H,2,7-8,10,16H2,1H3. The summed E-state index contributed by atoms with van der Waals surface area (Å²) in [5, 5.41) is 0. The monoisotopic (exact) mass is 286 g/mol. The van der Waals surface area contributed by atoms with Gasteiger partial charge in [-0.05, 0) is 25.1 Å². The van der Waals surface area contributed by atoms with Crippen LogP contribution in [0.15, 0.2) is 30.6 Å². The molecule has 2 N–H and O–H groups in total. The fourth-order valence-corrected chi connectivity index (χ4v) is 2.56. The number of nitrogens with zero attached hydrogens (tertiary/aromatic N) is 3. The van der Waals surface area contributed by atoms with Crippen LogP contribution >= 0.6 is 0 Å². The molecule has 110 valence electrons. The second-order valence-electron chi connectivity index (χ2n) is 4.95. The molecular formula is C15H18N4O2. The maximum absolute atomic E-state index is 11.7. The number of nitrogen functional groups attached to an aromatic ring is 1. The van der Waals surface area contributed by atoms with E-state index < -0.39 is 0 Å². The van der Waals surface area contributed by atoms with Crippen molar-refractivity contribution in [1.29, 1.82) is 0 Å². The predicted octanol–water partition coefficient (Wildman–Crippen LogP) is 1.66. The highest BCUT2D eigenvalue weighted by Crippen LogP contribution is 2.27. The average molecular weight is 286 g/mol. The van der Waals surface area contributed by atoms with Gasteiger partial charge in [0.25, 0.3) is 0 Å². The summed E-state index contributed by atoms with van der Waals surface area (Å²) in [6.07, 6.45) is 3.80. The Hall–Kier alpha value is -2.50. The number of imidazole rings is 1. The molecule has 21 heavy (non-hydrogen) atoms. The fourth-order valence-electron chi connectivity index (χ4n) is 2.56. The summed E-state index contributed by atoms with van der Waals surface area (Å²) in [7, 11) is 0. The molecule has 1 aromatic heterocycles. The molecule has 0 aliphatic carbocycles. The molecular weight excluding hydrogens is 268 g/mol. The smallest absolute Gasteiger partial charge is 0.338 e. The summed E-state index contributed by atoms with van der Waals surface area (Å²) in [5.74, 6) is 0.681. The van der Waals surface area contributed by atoms with Gasteiger partial charge in [-0.1, -0.05) is 0 Å². The highest BCUT2D eigenvalue weighted by molar-refractivity contribution is 5.92. The van der Waals surface area contributed by atoms with Crippen LogP contribution in [0.3, 0.4) is 0 Å². The number of esters is 1. The number of fused-ring (bicyclic) bond motifs is 1. The van der Waals surface area contributed by atoms with Crippen molar-refractivity contribution >= 4 is 17.3 Å². The molecule has 2 aromatic rings. The van der Waals surface area contributed by atoms with Crippen molar-refractivity contribution in [3.05, 3.63) is 42.0 Å². The van der Waals surface area contributed by atoms with E-state index in [0.717, 1.165) is 31.1 Å². The molecule has 6 heteroatoms. The zero-order valence-electron chi connectivity index (χ0n) is 12.0. The van der Waals surface area contributed by atoms with E-state index in [1.807, 2.05) is 18.5 Å². The third-order valence-electron chi connectivity index (χ3n) is 3.62. The Morgan fingerprint density at radius 1 is 1.43 bits per heavy atom. The Balaban J connectivity index is 1.82. The van der Waals surface area contributed by atoms with Crippen LogP contribution in [0.25, 0.3) is 0 Å². The van der Waals surface area contributed by atoms with E-state index in [4.69, 9.17) is 10.5 Å². The largest absolute Gasteiger partial charge is 0.462 e. The van der Waals surface area contributed by atoms with Crippen LogP contribution in [-0.4, -0.2) is 28.7 Å². The minimum atomic E-state index is -0.343. The van der Waals surface area contributed by atoms with Gasteiger partial charge in [0.05, 0.1) is 30.1 Å². The van der Waals surface area contributed by atoms with Crippen LogP contribution < -0.4 is 10.6 Å².